The summed E-state index contributed by atoms with van der Waals surface area (Å²) in [5, 5.41) is 9.54. The molecular weight excluding hydrogens is 246 g/mol. The van der Waals surface area contributed by atoms with Crippen LogP contribution < -0.4 is 10.5 Å². The van der Waals surface area contributed by atoms with E-state index in [1.54, 1.807) is 13.2 Å². The summed E-state index contributed by atoms with van der Waals surface area (Å²) in [7, 11) is 1.55. The van der Waals surface area contributed by atoms with E-state index in [0.717, 1.165) is 22.9 Å². The highest BCUT2D eigenvalue weighted by Crippen LogP contribution is 2.35. The van der Waals surface area contributed by atoms with Gasteiger partial charge >= 0.3 is 0 Å². The van der Waals surface area contributed by atoms with Crippen molar-refractivity contribution in [3.8, 4) is 11.5 Å². The van der Waals surface area contributed by atoms with Gasteiger partial charge in [0.15, 0.2) is 11.5 Å². The Labute approximate surface area is 92.0 Å². The predicted octanol–water partition coefficient (Wildman–Crippen LogP) is 2.05. The molecule has 0 saturated heterocycles. The lowest BCUT2D eigenvalue weighted by Crippen LogP contribution is -2.02. The van der Waals surface area contributed by atoms with E-state index >= 15 is 0 Å². The van der Waals surface area contributed by atoms with E-state index in [2.05, 4.69) is 15.9 Å². The molecule has 0 aromatic heterocycles. The summed E-state index contributed by atoms with van der Waals surface area (Å²) in [6, 6.07) is 3.42. The van der Waals surface area contributed by atoms with Gasteiger partial charge in [0.2, 0.25) is 0 Å². The minimum absolute atomic E-state index is 0.169. The third-order valence-corrected chi connectivity index (χ3v) is 2.76. The van der Waals surface area contributed by atoms with Crippen LogP contribution in [0.1, 0.15) is 12.0 Å². The van der Waals surface area contributed by atoms with Crippen molar-refractivity contribution in [1.29, 1.82) is 0 Å². The van der Waals surface area contributed by atoms with Crippen LogP contribution in [0.15, 0.2) is 16.6 Å². The molecule has 0 unspecified atom stereocenters. The van der Waals surface area contributed by atoms with Crippen molar-refractivity contribution < 1.29 is 9.84 Å². The smallest absolute Gasteiger partial charge is 0.164 e. The summed E-state index contributed by atoms with van der Waals surface area (Å²) in [6.07, 6.45) is 1.67. The zero-order chi connectivity index (χ0) is 10.6. The van der Waals surface area contributed by atoms with E-state index in [1.807, 2.05) is 6.07 Å². The summed E-state index contributed by atoms with van der Waals surface area (Å²) in [5.74, 6) is 0.704. The lowest BCUT2D eigenvalue weighted by molar-refractivity contribution is 0.368. The maximum atomic E-state index is 9.54. The van der Waals surface area contributed by atoms with E-state index in [-0.39, 0.29) is 5.75 Å². The van der Waals surface area contributed by atoms with Crippen LogP contribution in [0.3, 0.4) is 0 Å². The highest BCUT2D eigenvalue weighted by Gasteiger charge is 2.11. The summed E-state index contributed by atoms with van der Waals surface area (Å²) >= 11 is 3.42. The maximum Gasteiger partial charge on any atom is 0.164 e. The molecule has 0 atom stereocenters. The standard InChI is InChI=1S/C10H14BrNO2/c1-14-10-7(3-2-6-12)8(11)4-5-9(10)13/h4-5,13H,2-3,6,12H2,1H3. The molecule has 1 aromatic rings. The van der Waals surface area contributed by atoms with Crippen molar-refractivity contribution >= 4 is 15.9 Å². The molecule has 0 heterocycles. The summed E-state index contributed by atoms with van der Waals surface area (Å²) < 4.78 is 6.08. The number of methoxy groups -OCH3 is 1. The molecule has 1 aromatic carbocycles. The Hall–Kier alpha value is -0.740. The number of aromatic hydroxyl groups is 1. The van der Waals surface area contributed by atoms with Crippen molar-refractivity contribution in [2.24, 2.45) is 5.73 Å². The predicted molar refractivity (Wildman–Crippen MR) is 59.7 cm³/mol. The molecule has 0 fully saturated rings. The zero-order valence-corrected chi connectivity index (χ0v) is 9.67. The average Bonchev–Trinajstić information content (AvgIpc) is 2.19. The van der Waals surface area contributed by atoms with Gasteiger partial charge in [0, 0.05) is 10.0 Å². The van der Waals surface area contributed by atoms with Crippen molar-refractivity contribution in [1.82, 2.24) is 0 Å². The molecule has 14 heavy (non-hydrogen) atoms. The van der Waals surface area contributed by atoms with Crippen LogP contribution in [0.4, 0.5) is 0 Å². The quantitative estimate of drug-likeness (QED) is 0.871. The van der Waals surface area contributed by atoms with Crippen molar-refractivity contribution in [3.63, 3.8) is 0 Å². The Bertz CT molecular complexity index is 315. The molecule has 78 valence electrons. The van der Waals surface area contributed by atoms with Gasteiger partial charge in [-0.3, -0.25) is 0 Å². The highest BCUT2D eigenvalue weighted by molar-refractivity contribution is 9.10. The molecule has 4 heteroatoms. The second kappa shape index (κ2) is 5.22. The van der Waals surface area contributed by atoms with E-state index in [0.29, 0.717) is 12.3 Å². The first kappa shape index (κ1) is 11.3. The molecule has 0 aliphatic rings. The lowest BCUT2D eigenvalue weighted by atomic mass is 10.1. The van der Waals surface area contributed by atoms with E-state index in [4.69, 9.17) is 10.5 Å². The molecule has 3 N–H and O–H groups in total. The molecule has 0 amide bonds. The number of halogens is 1. The number of nitrogens with two attached hydrogens (primary N) is 1. The number of rotatable bonds is 4. The van der Waals surface area contributed by atoms with Crippen molar-refractivity contribution in [3.05, 3.63) is 22.2 Å². The Morgan fingerprint density at radius 1 is 1.50 bits per heavy atom. The number of ether oxygens (including phenoxy) is 1. The first-order chi connectivity index (χ1) is 6.70. The SMILES string of the molecule is COc1c(O)ccc(Br)c1CCCN. The fourth-order valence-corrected chi connectivity index (χ4v) is 1.84. The van der Waals surface area contributed by atoms with E-state index in [1.165, 1.54) is 0 Å². The number of phenols is 1. The van der Waals surface area contributed by atoms with Crippen molar-refractivity contribution in [2.45, 2.75) is 12.8 Å². The monoisotopic (exact) mass is 259 g/mol. The second-order valence-electron chi connectivity index (χ2n) is 2.97. The molecule has 3 nitrogen and oxygen atoms in total. The van der Waals surface area contributed by atoms with Gasteiger partial charge in [-0.2, -0.15) is 0 Å². The molecule has 0 radical (unpaired) electrons. The van der Waals surface area contributed by atoms with E-state index < -0.39 is 0 Å². The minimum atomic E-state index is 0.169. The molecule has 0 aliphatic heterocycles. The van der Waals surface area contributed by atoms with Crippen LogP contribution in [0.5, 0.6) is 11.5 Å². The topological polar surface area (TPSA) is 55.5 Å². The minimum Gasteiger partial charge on any atom is -0.504 e. The normalized spacial score (nSPS) is 10.2. The molecule has 0 saturated carbocycles. The Kier molecular flexibility index (Phi) is 4.22. The third-order valence-electron chi connectivity index (χ3n) is 2.02. The van der Waals surface area contributed by atoms with Crippen LogP contribution in [0.25, 0.3) is 0 Å². The fraction of sp³-hybridized carbons (Fsp3) is 0.400. The van der Waals surface area contributed by atoms with Crippen LogP contribution in [-0.2, 0) is 6.42 Å². The summed E-state index contributed by atoms with van der Waals surface area (Å²) in [6.45, 7) is 0.630. The first-order valence-corrected chi connectivity index (χ1v) is 5.24. The number of hydrogen-bond acceptors (Lipinski definition) is 3. The van der Waals surface area contributed by atoms with Crippen LogP contribution in [0.2, 0.25) is 0 Å². The Morgan fingerprint density at radius 3 is 2.79 bits per heavy atom. The van der Waals surface area contributed by atoms with Crippen LogP contribution in [-0.4, -0.2) is 18.8 Å². The number of benzene rings is 1. The number of phenolic OH excluding ortho intramolecular Hbond substituents is 1. The van der Waals surface area contributed by atoms with Gasteiger partial charge in [0.1, 0.15) is 0 Å². The van der Waals surface area contributed by atoms with Gasteiger partial charge in [-0.1, -0.05) is 15.9 Å². The molecule has 1 rings (SSSR count). The van der Waals surface area contributed by atoms with Gasteiger partial charge in [-0.15, -0.1) is 0 Å². The maximum absolute atomic E-state index is 9.54. The van der Waals surface area contributed by atoms with Gasteiger partial charge in [0.05, 0.1) is 7.11 Å². The van der Waals surface area contributed by atoms with Gasteiger partial charge in [-0.25, -0.2) is 0 Å². The molecule has 0 aliphatic carbocycles. The van der Waals surface area contributed by atoms with Crippen LogP contribution >= 0.6 is 15.9 Å². The van der Waals surface area contributed by atoms with Gasteiger partial charge in [0.25, 0.3) is 0 Å². The molecular formula is C10H14BrNO2. The summed E-state index contributed by atoms with van der Waals surface area (Å²) in [4.78, 5) is 0. The largest absolute Gasteiger partial charge is 0.504 e. The van der Waals surface area contributed by atoms with Gasteiger partial charge < -0.3 is 15.6 Å². The highest BCUT2D eigenvalue weighted by atomic mass is 79.9. The second-order valence-corrected chi connectivity index (χ2v) is 3.82. The first-order valence-electron chi connectivity index (χ1n) is 4.45. The fourth-order valence-electron chi connectivity index (χ4n) is 1.33. The Balaban J connectivity index is 3.03. The molecule has 0 spiro atoms. The number of hydrogen-bond donors (Lipinski definition) is 2. The van der Waals surface area contributed by atoms with Crippen molar-refractivity contribution in [2.75, 3.05) is 13.7 Å². The Morgan fingerprint density at radius 2 is 2.21 bits per heavy atom. The van der Waals surface area contributed by atoms with E-state index in [9.17, 15) is 5.11 Å². The summed E-state index contributed by atoms with van der Waals surface area (Å²) in [5.41, 5.74) is 6.41. The molecule has 0 bridgehead atoms. The average molecular weight is 260 g/mol. The van der Waals surface area contributed by atoms with Crippen LogP contribution in [0, 0.1) is 0 Å². The third kappa shape index (κ3) is 2.39. The lowest BCUT2D eigenvalue weighted by Gasteiger charge is -2.11. The zero-order valence-electron chi connectivity index (χ0n) is 8.09. The van der Waals surface area contributed by atoms with Gasteiger partial charge in [-0.05, 0) is 31.5 Å².